The second-order valence-corrected chi connectivity index (χ2v) is 8.34. The molecule has 122 valence electrons. The maximum Gasteiger partial charge on any atom is 0.213 e. The largest absolute Gasteiger partial charge is 0.371 e. The Kier molecular flexibility index (Phi) is 4.09. The van der Waals surface area contributed by atoms with Crippen LogP contribution in [-0.4, -0.2) is 60.0 Å². The number of sulfonamides is 1. The van der Waals surface area contributed by atoms with Gasteiger partial charge < -0.3 is 10.1 Å². The Labute approximate surface area is 131 Å². The molecule has 2 saturated heterocycles. The van der Waals surface area contributed by atoms with Gasteiger partial charge >= 0.3 is 0 Å². The van der Waals surface area contributed by atoms with Crippen molar-refractivity contribution < 1.29 is 13.2 Å². The topological polar surface area (TPSA) is 84.4 Å². The fraction of sp³-hybridized carbons (Fsp3) is 0.714. The molecule has 2 unspecified atom stereocenters. The number of aryl methyl sites for hydroxylation is 1. The molecule has 1 N–H and O–H groups in total. The molecular formula is C14H22N4O3S. The van der Waals surface area contributed by atoms with Gasteiger partial charge in [0.05, 0.1) is 29.7 Å². The zero-order chi connectivity index (χ0) is 15.8. The maximum atomic E-state index is 12.0. The van der Waals surface area contributed by atoms with E-state index in [1.807, 2.05) is 19.1 Å². The highest BCUT2D eigenvalue weighted by atomic mass is 32.2. The second-order valence-electron chi connectivity index (χ2n) is 6.08. The number of rotatable bonds is 4. The zero-order valence-corrected chi connectivity index (χ0v) is 13.8. The average molecular weight is 326 g/mol. The van der Waals surface area contributed by atoms with Crippen LogP contribution in [0.25, 0.3) is 0 Å². The van der Waals surface area contributed by atoms with Crippen molar-refractivity contribution in [1.82, 2.24) is 14.5 Å². The monoisotopic (exact) mass is 326 g/mol. The molecule has 2 aliphatic rings. The van der Waals surface area contributed by atoms with Gasteiger partial charge in [0, 0.05) is 19.5 Å². The highest BCUT2D eigenvalue weighted by molar-refractivity contribution is 7.89. The Balaban J connectivity index is 1.62. The maximum absolute atomic E-state index is 12.0. The van der Waals surface area contributed by atoms with Crippen molar-refractivity contribution in [3.05, 3.63) is 17.8 Å². The van der Waals surface area contributed by atoms with E-state index in [9.17, 15) is 8.42 Å². The highest BCUT2D eigenvalue weighted by Gasteiger charge is 2.48. The van der Waals surface area contributed by atoms with Gasteiger partial charge in [-0.05, 0) is 32.4 Å². The molecule has 3 heterocycles. The van der Waals surface area contributed by atoms with Gasteiger partial charge in [-0.3, -0.25) is 0 Å². The predicted molar refractivity (Wildman–Crippen MR) is 83.1 cm³/mol. The van der Waals surface area contributed by atoms with E-state index >= 15 is 0 Å². The van der Waals surface area contributed by atoms with Crippen LogP contribution in [0, 0.1) is 6.92 Å². The minimum atomic E-state index is -3.13. The summed E-state index contributed by atoms with van der Waals surface area (Å²) in [5.41, 5.74) is 0.527. The zero-order valence-electron chi connectivity index (χ0n) is 12.9. The molecule has 7 nitrogen and oxygen atoms in total. The van der Waals surface area contributed by atoms with Gasteiger partial charge in [0.25, 0.3) is 0 Å². The SMILES string of the molecule is CCS(=O)(=O)N1CCC2(CC(Nc3ccc(C)nn3)CO2)C1. The quantitative estimate of drug-likeness (QED) is 0.880. The van der Waals surface area contributed by atoms with Crippen molar-refractivity contribution in [1.29, 1.82) is 0 Å². The summed E-state index contributed by atoms with van der Waals surface area (Å²) in [6.45, 7) is 5.14. The minimum Gasteiger partial charge on any atom is -0.371 e. The van der Waals surface area contributed by atoms with E-state index in [0.717, 1.165) is 24.4 Å². The summed E-state index contributed by atoms with van der Waals surface area (Å²) in [7, 11) is -3.13. The molecule has 0 aromatic carbocycles. The Morgan fingerprint density at radius 3 is 2.95 bits per heavy atom. The first kappa shape index (κ1) is 15.6. The summed E-state index contributed by atoms with van der Waals surface area (Å²) >= 11 is 0. The lowest BCUT2D eigenvalue weighted by Gasteiger charge is -2.23. The van der Waals surface area contributed by atoms with Crippen LogP contribution in [0.5, 0.6) is 0 Å². The summed E-state index contributed by atoms with van der Waals surface area (Å²) in [6, 6.07) is 3.95. The number of hydrogen-bond acceptors (Lipinski definition) is 6. The van der Waals surface area contributed by atoms with Crippen molar-refractivity contribution >= 4 is 15.8 Å². The van der Waals surface area contributed by atoms with Crippen LogP contribution >= 0.6 is 0 Å². The number of anilines is 1. The number of nitrogens with one attached hydrogen (secondary N) is 1. The van der Waals surface area contributed by atoms with E-state index in [0.29, 0.717) is 19.7 Å². The van der Waals surface area contributed by atoms with Gasteiger partial charge in [0.1, 0.15) is 5.82 Å². The average Bonchev–Trinajstić information content (AvgIpc) is 3.10. The van der Waals surface area contributed by atoms with Crippen LogP contribution < -0.4 is 5.32 Å². The van der Waals surface area contributed by atoms with Crippen LogP contribution in [0.2, 0.25) is 0 Å². The van der Waals surface area contributed by atoms with E-state index in [4.69, 9.17) is 4.74 Å². The van der Waals surface area contributed by atoms with Crippen LogP contribution in [0.15, 0.2) is 12.1 Å². The molecule has 22 heavy (non-hydrogen) atoms. The molecule has 0 amide bonds. The molecular weight excluding hydrogens is 304 g/mol. The van der Waals surface area contributed by atoms with Crippen LogP contribution in [-0.2, 0) is 14.8 Å². The molecule has 2 aliphatic heterocycles. The Morgan fingerprint density at radius 2 is 2.27 bits per heavy atom. The summed E-state index contributed by atoms with van der Waals surface area (Å²) in [5, 5.41) is 11.4. The predicted octanol–water partition coefficient (Wildman–Crippen LogP) is 0.780. The molecule has 8 heteroatoms. The van der Waals surface area contributed by atoms with Crippen molar-refractivity contribution in [2.45, 2.75) is 38.3 Å². The second kappa shape index (κ2) is 5.75. The smallest absolute Gasteiger partial charge is 0.213 e. The van der Waals surface area contributed by atoms with E-state index in [2.05, 4.69) is 15.5 Å². The van der Waals surface area contributed by atoms with E-state index in [1.54, 1.807) is 11.2 Å². The van der Waals surface area contributed by atoms with E-state index in [-0.39, 0.29) is 17.4 Å². The first-order chi connectivity index (χ1) is 10.4. The molecule has 0 bridgehead atoms. The molecule has 0 saturated carbocycles. The number of aromatic nitrogens is 2. The Bertz CT molecular complexity index is 634. The highest BCUT2D eigenvalue weighted by Crippen LogP contribution is 2.37. The van der Waals surface area contributed by atoms with Gasteiger partial charge in [0.15, 0.2) is 0 Å². The molecule has 3 rings (SSSR count). The van der Waals surface area contributed by atoms with E-state index in [1.165, 1.54) is 0 Å². The van der Waals surface area contributed by atoms with E-state index < -0.39 is 10.0 Å². The third kappa shape index (κ3) is 3.09. The molecule has 1 aromatic rings. The molecule has 2 atom stereocenters. The molecule has 2 fully saturated rings. The summed E-state index contributed by atoms with van der Waals surface area (Å²) in [4.78, 5) is 0. The van der Waals surface area contributed by atoms with Crippen LogP contribution in [0.1, 0.15) is 25.5 Å². The van der Waals surface area contributed by atoms with Crippen LogP contribution in [0.3, 0.4) is 0 Å². The molecule has 1 spiro atoms. The van der Waals surface area contributed by atoms with Gasteiger partial charge in [0.2, 0.25) is 10.0 Å². The lowest BCUT2D eigenvalue weighted by Crippen LogP contribution is -2.37. The summed E-state index contributed by atoms with van der Waals surface area (Å²) in [6.07, 6.45) is 1.54. The number of nitrogens with zero attached hydrogens (tertiary/aromatic N) is 3. The molecule has 1 aromatic heterocycles. The third-order valence-electron chi connectivity index (χ3n) is 4.40. The fourth-order valence-electron chi connectivity index (χ4n) is 3.13. The minimum absolute atomic E-state index is 0.140. The Hall–Kier alpha value is -1.25. The van der Waals surface area contributed by atoms with Gasteiger partial charge in [-0.1, -0.05) is 0 Å². The normalized spacial score (nSPS) is 29.3. The first-order valence-corrected chi connectivity index (χ1v) is 9.22. The van der Waals surface area contributed by atoms with Gasteiger partial charge in [-0.25, -0.2) is 8.42 Å². The van der Waals surface area contributed by atoms with Crippen molar-refractivity contribution in [2.24, 2.45) is 0 Å². The van der Waals surface area contributed by atoms with Crippen molar-refractivity contribution in [3.63, 3.8) is 0 Å². The number of ether oxygens (including phenoxy) is 1. The summed E-state index contributed by atoms with van der Waals surface area (Å²) < 4.78 is 31.5. The lowest BCUT2D eigenvalue weighted by atomic mass is 9.97. The van der Waals surface area contributed by atoms with Gasteiger partial charge in [-0.15, -0.1) is 5.10 Å². The fourth-order valence-corrected chi connectivity index (χ4v) is 4.30. The van der Waals surface area contributed by atoms with Crippen molar-refractivity contribution in [2.75, 3.05) is 30.8 Å². The molecule has 0 radical (unpaired) electrons. The van der Waals surface area contributed by atoms with Gasteiger partial charge in [-0.2, -0.15) is 9.40 Å². The molecule has 0 aliphatic carbocycles. The number of hydrogen-bond donors (Lipinski definition) is 1. The first-order valence-electron chi connectivity index (χ1n) is 7.61. The lowest BCUT2D eigenvalue weighted by molar-refractivity contribution is 0.0173. The third-order valence-corrected chi connectivity index (χ3v) is 6.23. The Morgan fingerprint density at radius 1 is 1.45 bits per heavy atom. The van der Waals surface area contributed by atoms with Crippen molar-refractivity contribution in [3.8, 4) is 0 Å². The standard InChI is InChI=1S/C14H22N4O3S/c1-3-22(19,20)18-7-6-14(10-18)8-12(9-21-14)15-13-5-4-11(2)16-17-13/h4-5,12H,3,6-10H2,1-2H3,(H,15,17). The summed E-state index contributed by atoms with van der Waals surface area (Å²) in [5.74, 6) is 0.872. The van der Waals surface area contributed by atoms with Crippen LogP contribution in [0.4, 0.5) is 5.82 Å².